The Morgan fingerprint density at radius 2 is 1.00 bits per heavy atom. The maximum Gasteiger partial charge on any atom is 0.317 e. The summed E-state index contributed by atoms with van der Waals surface area (Å²) in [6.07, 6.45) is 4.27. The Kier molecular flexibility index (Phi) is 2.49. The number of carbonyl (C=O) groups excluding carboxylic acids is 5. The molecule has 0 aromatic rings. The minimum absolute atomic E-state index is 0.0532. The number of cyclic esters (lactones) is 4. The van der Waals surface area contributed by atoms with Crippen LogP contribution in [0.25, 0.3) is 0 Å². The van der Waals surface area contributed by atoms with Crippen LogP contribution in [0.4, 0.5) is 0 Å². The van der Waals surface area contributed by atoms with Crippen molar-refractivity contribution in [2.75, 3.05) is 0 Å². The molecule has 10 atom stereocenters. The van der Waals surface area contributed by atoms with Gasteiger partial charge in [0.2, 0.25) is 0 Å². The first-order chi connectivity index (χ1) is 13.4. The van der Waals surface area contributed by atoms with Crippen LogP contribution in [-0.4, -0.2) is 29.7 Å². The maximum absolute atomic E-state index is 14.0. The molecule has 0 radical (unpaired) electrons. The van der Waals surface area contributed by atoms with Crippen molar-refractivity contribution in [3.63, 3.8) is 0 Å². The highest BCUT2D eigenvalue weighted by Crippen LogP contribution is 2.75. The Morgan fingerprint density at radius 1 is 0.607 bits per heavy atom. The molecular formula is C21H20O7. The van der Waals surface area contributed by atoms with Crippen LogP contribution in [0, 0.1) is 58.2 Å². The highest BCUT2D eigenvalue weighted by molar-refractivity contribution is 6.02. The fourth-order valence-electron chi connectivity index (χ4n) is 9.16. The molecule has 0 amide bonds. The van der Waals surface area contributed by atoms with Gasteiger partial charge in [0, 0.05) is 10.8 Å². The SMILES string of the molecule is O=C1OC(=O)[C@@H]2C3C[C@H](C12)[C@@]1(CC[C@]2(C[C@@H]4C[C@H]2C2C(=O)OC(=O)[C@H]24)C1=O)C3. The van der Waals surface area contributed by atoms with Crippen LogP contribution in [-0.2, 0) is 33.4 Å². The van der Waals surface area contributed by atoms with E-state index in [4.69, 9.17) is 9.47 Å². The van der Waals surface area contributed by atoms with Gasteiger partial charge in [0.05, 0.1) is 23.7 Å². The third kappa shape index (κ3) is 1.40. The van der Waals surface area contributed by atoms with Crippen LogP contribution in [0.2, 0.25) is 0 Å². The highest BCUT2D eigenvalue weighted by Gasteiger charge is 2.78. The lowest BCUT2D eigenvalue weighted by molar-refractivity contribution is -0.156. The lowest BCUT2D eigenvalue weighted by Crippen LogP contribution is -2.48. The number of ketones is 1. The monoisotopic (exact) mass is 384 g/mol. The number of esters is 4. The first kappa shape index (κ1) is 15.8. The van der Waals surface area contributed by atoms with Crippen LogP contribution in [0.15, 0.2) is 0 Å². The van der Waals surface area contributed by atoms with E-state index in [0.717, 1.165) is 25.7 Å². The summed E-state index contributed by atoms with van der Waals surface area (Å²) in [4.78, 5) is 62.8. The minimum Gasteiger partial charge on any atom is -0.393 e. The molecule has 7 rings (SSSR count). The van der Waals surface area contributed by atoms with Crippen molar-refractivity contribution in [2.45, 2.75) is 38.5 Å². The molecule has 0 aromatic carbocycles. The summed E-state index contributed by atoms with van der Waals surface area (Å²) < 4.78 is 9.82. The molecule has 5 aliphatic carbocycles. The second-order valence-corrected chi connectivity index (χ2v) is 10.3. The Balaban J connectivity index is 1.27. The zero-order valence-electron chi connectivity index (χ0n) is 15.2. The van der Waals surface area contributed by atoms with Gasteiger partial charge in [-0.3, -0.25) is 24.0 Å². The smallest absolute Gasteiger partial charge is 0.317 e. The molecule has 2 aliphatic heterocycles. The quantitative estimate of drug-likeness (QED) is 0.454. The van der Waals surface area contributed by atoms with E-state index in [9.17, 15) is 24.0 Å². The van der Waals surface area contributed by atoms with Crippen molar-refractivity contribution in [3.05, 3.63) is 0 Å². The minimum atomic E-state index is -0.554. The number of Topliss-reactive ketones (excluding diaryl/α,β-unsaturated/α-hetero) is 1. The average Bonchev–Trinajstić information content (AvgIpc) is 3.46. The number of carbonyl (C=O) groups is 5. The number of fused-ring (bicyclic) bond motifs is 12. The summed E-state index contributed by atoms with van der Waals surface area (Å²) in [5, 5.41) is 0. The second kappa shape index (κ2) is 4.41. The summed E-state index contributed by atoms with van der Waals surface area (Å²) in [6.45, 7) is 0. The molecule has 2 heterocycles. The summed E-state index contributed by atoms with van der Waals surface area (Å²) >= 11 is 0. The first-order valence-electron chi connectivity index (χ1n) is 10.4. The van der Waals surface area contributed by atoms with Crippen LogP contribution in [0.3, 0.4) is 0 Å². The lowest BCUT2D eigenvalue weighted by Gasteiger charge is -2.41. The summed E-state index contributed by atoms with van der Waals surface area (Å²) in [7, 11) is 0. The third-order valence-corrected chi connectivity index (χ3v) is 9.85. The van der Waals surface area contributed by atoms with E-state index in [1.807, 2.05) is 0 Å². The molecule has 0 aromatic heterocycles. The molecule has 7 aliphatic rings. The molecule has 7 nitrogen and oxygen atoms in total. The van der Waals surface area contributed by atoms with Crippen LogP contribution < -0.4 is 0 Å². The maximum atomic E-state index is 14.0. The summed E-state index contributed by atoms with van der Waals surface area (Å²) in [5.41, 5.74) is -1.11. The zero-order chi connectivity index (χ0) is 19.2. The molecule has 3 unspecified atom stereocenters. The Hall–Kier alpha value is -2.05. The number of hydrogen-bond donors (Lipinski definition) is 0. The fraction of sp³-hybridized carbons (Fsp3) is 0.762. The van der Waals surface area contributed by atoms with Gasteiger partial charge in [0.15, 0.2) is 0 Å². The number of rotatable bonds is 0. The Morgan fingerprint density at radius 3 is 1.43 bits per heavy atom. The van der Waals surface area contributed by atoms with E-state index in [-0.39, 0.29) is 41.3 Å². The second-order valence-electron chi connectivity index (χ2n) is 10.3. The largest absolute Gasteiger partial charge is 0.393 e. The topological polar surface area (TPSA) is 104 Å². The van der Waals surface area contributed by atoms with Gasteiger partial charge in [-0.15, -0.1) is 0 Å². The Labute approximate surface area is 160 Å². The molecular weight excluding hydrogens is 364 g/mol. The van der Waals surface area contributed by atoms with E-state index in [2.05, 4.69) is 0 Å². The van der Waals surface area contributed by atoms with E-state index in [1.165, 1.54) is 0 Å². The Bertz CT molecular complexity index is 850. The van der Waals surface area contributed by atoms with Crippen LogP contribution in [0.5, 0.6) is 0 Å². The van der Waals surface area contributed by atoms with Crippen molar-refractivity contribution in [1.29, 1.82) is 0 Å². The predicted octanol–water partition coefficient (Wildman–Crippen LogP) is 1.03. The molecule has 7 fully saturated rings. The van der Waals surface area contributed by atoms with Crippen molar-refractivity contribution < 1.29 is 33.4 Å². The highest BCUT2D eigenvalue weighted by atomic mass is 16.6. The van der Waals surface area contributed by atoms with Gasteiger partial charge in [-0.25, -0.2) is 0 Å². The first-order valence-corrected chi connectivity index (χ1v) is 10.4. The lowest BCUT2D eigenvalue weighted by atomic mass is 9.58. The molecule has 5 saturated carbocycles. The standard InChI is InChI=1S/C21H20O7/c22-15-11-7-3-9(13(11)17(24)27-15)20(5-7)1-2-21(19(20)26)6-8-4-10(21)14-12(8)16(23)28-18(14)25/h7-14H,1-6H2/t7-,8?,9-,10+,11-,12+,13?,14?,20+,21+/m0/s1. The molecule has 7 heteroatoms. The van der Waals surface area contributed by atoms with Crippen LogP contribution in [0.1, 0.15) is 38.5 Å². The van der Waals surface area contributed by atoms with E-state index in [1.54, 1.807) is 0 Å². The molecule has 28 heavy (non-hydrogen) atoms. The van der Waals surface area contributed by atoms with Gasteiger partial charge in [0.1, 0.15) is 5.78 Å². The van der Waals surface area contributed by atoms with Gasteiger partial charge >= 0.3 is 23.9 Å². The normalized spacial score (nSPS) is 57.6. The van der Waals surface area contributed by atoms with Gasteiger partial charge in [-0.2, -0.15) is 0 Å². The van der Waals surface area contributed by atoms with Gasteiger partial charge in [-0.1, -0.05) is 0 Å². The van der Waals surface area contributed by atoms with Crippen molar-refractivity contribution in [2.24, 2.45) is 58.2 Å². The summed E-state index contributed by atoms with van der Waals surface area (Å²) in [6, 6.07) is 0. The molecule has 2 saturated heterocycles. The van der Waals surface area contributed by atoms with Crippen molar-refractivity contribution in [1.82, 2.24) is 0 Å². The van der Waals surface area contributed by atoms with E-state index >= 15 is 0 Å². The predicted molar refractivity (Wildman–Crippen MR) is 87.7 cm³/mol. The van der Waals surface area contributed by atoms with Gasteiger partial charge in [-0.05, 0) is 62.2 Å². The van der Waals surface area contributed by atoms with Gasteiger partial charge < -0.3 is 9.47 Å². The fourth-order valence-corrected chi connectivity index (χ4v) is 9.16. The van der Waals surface area contributed by atoms with Crippen LogP contribution >= 0.6 is 0 Å². The molecule has 4 bridgehead atoms. The summed E-state index contributed by atoms with van der Waals surface area (Å²) in [5.74, 6) is -3.28. The van der Waals surface area contributed by atoms with Crippen molar-refractivity contribution >= 4 is 29.7 Å². The van der Waals surface area contributed by atoms with E-state index in [0.29, 0.717) is 12.8 Å². The third-order valence-electron chi connectivity index (χ3n) is 9.85. The average molecular weight is 384 g/mol. The van der Waals surface area contributed by atoms with Gasteiger partial charge in [0.25, 0.3) is 0 Å². The number of hydrogen-bond acceptors (Lipinski definition) is 7. The van der Waals surface area contributed by atoms with Crippen molar-refractivity contribution in [3.8, 4) is 0 Å². The molecule has 0 N–H and O–H groups in total. The molecule has 2 spiro atoms. The zero-order valence-corrected chi connectivity index (χ0v) is 15.2. The number of ether oxygens (including phenoxy) is 2. The van der Waals surface area contributed by atoms with E-state index < -0.39 is 46.5 Å². The molecule has 146 valence electrons.